The molecule has 0 aliphatic heterocycles. The second kappa shape index (κ2) is 7.22. The third-order valence-corrected chi connectivity index (χ3v) is 4.12. The Labute approximate surface area is 145 Å². The van der Waals surface area contributed by atoms with Crippen molar-refractivity contribution in [2.45, 2.75) is 17.1 Å². The number of aromatic nitrogens is 3. The summed E-state index contributed by atoms with van der Waals surface area (Å²) in [5, 5.41) is 0.646. The molecule has 0 amide bonds. The number of thioether (sulfide) groups is 1. The van der Waals surface area contributed by atoms with Gasteiger partial charge < -0.3 is 14.5 Å². The Balaban J connectivity index is 1.68. The largest absolute Gasteiger partial charge is 0.497 e. The van der Waals surface area contributed by atoms with E-state index in [-0.39, 0.29) is 5.75 Å². The second-order valence-electron chi connectivity index (χ2n) is 5.10. The molecular formula is C16H14F3N3O2S. The molecule has 132 valence electrons. The van der Waals surface area contributed by atoms with Crippen molar-refractivity contribution in [2.24, 2.45) is 0 Å². The number of hydrogen-bond acceptors (Lipinski definition) is 5. The van der Waals surface area contributed by atoms with Crippen LogP contribution in [-0.4, -0.2) is 34.8 Å². The van der Waals surface area contributed by atoms with E-state index in [1.807, 2.05) is 6.07 Å². The van der Waals surface area contributed by atoms with E-state index in [1.54, 1.807) is 25.4 Å². The number of H-pyrrole nitrogens is 1. The van der Waals surface area contributed by atoms with Crippen LogP contribution in [0.15, 0.2) is 41.7 Å². The quantitative estimate of drug-likeness (QED) is 0.660. The van der Waals surface area contributed by atoms with Crippen molar-refractivity contribution < 1.29 is 22.6 Å². The van der Waals surface area contributed by atoms with Gasteiger partial charge in [0.1, 0.15) is 11.5 Å². The molecule has 0 aliphatic rings. The zero-order valence-electron chi connectivity index (χ0n) is 13.1. The predicted molar refractivity (Wildman–Crippen MR) is 88.0 cm³/mol. The number of methoxy groups -OCH3 is 1. The van der Waals surface area contributed by atoms with Gasteiger partial charge in [0.15, 0.2) is 11.8 Å². The van der Waals surface area contributed by atoms with Crippen molar-refractivity contribution >= 4 is 22.8 Å². The summed E-state index contributed by atoms with van der Waals surface area (Å²) in [5.41, 5.74) is 2.10. The molecule has 0 saturated carbocycles. The first kappa shape index (κ1) is 17.4. The number of rotatable bonds is 6. The van der Waals surface area contributed by atoms with Crippen LogP contribution < -0.4 is 9.47 Å². The van der Waals surface area contributed by atoms with Gasteiger partial charge in [0.05, 0.1) is 23.8 Å². The van der Waals surface area contributed by atoms with Gasteiger partial charge in [0.25, 0.3) is 0 Å². The van der Waals surface area contributed by atoms with Crippen molar-refractivity contribution in [2.75, 3.05) is 13.7 Å². The number of aromatic amines is 1. The van der Waals surface area contributed by atoms with E-state index in [0.29, 0.717) is 16.4 Å². The molecule has 0 radical (unpaired) electrons. The molecule has 1 N–H and O–H groups in total. The standard InChI is InChI=1S/C16H14F3N3O2S/c1-23-11-4-5-20-10(6-11)8-25-15-21-13-3-2-12(7-14(13)22-15)24-9-16(17,18)19/h2-7H,8-9H2,1H3,(H,21,22). The highest BCUT2D eigenvalue weighted by molar-refractivity contribution is 7.98. The summed E-state index contributed by atoms with van der Waals surface area (Å²) < 4.78 is 46.5. The topological polar surface area (TPSA) is 60.0 Å². The summed E-state index contributed by atoms with van der Waals surface area (Å²) in [6.45, 7) is -1.33. The first-order chi connectivity index (χ1) is 11.9. The van der Waals surface area contributed by atoms with E-state index in [0.717, 1.165) is 17.0 Å². The van der Waals surface area contributed by atoms with E-state index >= 15 is 0 Å². The van der Waals surface area contributed by atoms with Crippen LogP contribution in [0.25, 0.3) is 11.0 Å². The minimum absolute atomic E-state index is 0.127. The predicted octanol–water partition coefficient (Wildman–Crippen LogP) is 4.20. The van der Waals surface area contributed by atoms with Crippen LogP contribution in [0, 0.1) is 0 Å². The fraction of sp³-hybridized carbons (Fsp3) is 0.250. The monoisotopic (exact) mass is 369 g/mol. The van der Waals surface area contributed by atoms with Crippen molar-refractivity contribution in [3.05, 3.63) is 42.2 Å². The summed E-state index contributed by atoms with van der Waals surface area (Å²) in [6, 6.07) is 8.19. The van der Waals surface area contributed by atoms with E-state index in [2.05, 4.69) is 15.0 Å². The Kier molecular flexibility index (Phi) is 5.03. The van der Waals surface area contributed by atoms with Gasteiger partial charge in [-0.15, -0.1) is 0 Å². The molecule has 3 aromatic rings. The Bertz CT molecular complexity index is 867. The van der Waals surface area contributed by atoms with Gasteiger partial charge in [-0.1, -0.05) is 11.8 Å². The zero-order chi connectivity index (χ0) is 17.9. The number of ether oxygens (including phenoxy) is 2. The smallest absolute Gasteiger partial charge is 0.422 e. The third-order valence-electron chi connectivity index (χ3n) is 3.22. The number of hydrogen-bond donors (Lipinski definition) is 1. The Morgan fingerprint density at radius 1 is 1.16 bits per heavy atom. The van der Waals surface area contributed by atoms with Crippen molar-refractivity contribution in [1.29, 1.82) is 0 Å². The molecule has 9 heteroatoms. The summed E-state index contributed by atoms with van der Waals surface area (Å²) >= 11 is 1.44. The lowest BCUT2D eigenvalue weighted by atomic mass is 10.3. The van der Waals surface area contributed by atoms with E-state index in [4.69, 9.17) is 9.47 Å². The number of fused-ring (bicyclic) bond motifs is 1. The van der Waals surface area contributed by atoms with Gasteiger partial charge in [-0.2, -0.15) is 13.2 Å². The molecule has 0 spiro atoms. The third kappa shape index (κ3) is 4.79. The molecule has 2 aromatic heterocycles. The van der Waals surface area contributed by atoms with Gasteiger partial charge in [0, 0.05) is 24.1 Å². The molecule has 3 rings (SSSR count). The number of halogens is 3. The average Bonchev–Trinajstić information content (AvgIpc) is 3.00. The van der Waals surface area contributed by atoms with Crippen molar-refractivity contribution in [1.82, 2.24) is 15.0 Å². The van der Waals surface area contributed by atoms with E-state index in [1.165, 1.54) is 23.9 Å². The molecule has 0 bridgehead atoms. The minimum atomic E-state index is -4.37. The molecule has 0 unspecified atom stereocenters. The Hall–Kier alpha value is -2.42. The number of alkyl halides is 3. The second-order valence-corrected chi connectivity index (χ2v) is 6.06. The number of benzene rings is 1. The molecule has 1 aromatic carbocycles. The first-order valence-electron chi connectivity index (χ1n) is 7.24. The molecule has 0 saturated heterocycles. The summed E-state index contributed by atoms with van der Waals surface area (Å²) in [4.78, 5) is 11.7. The van der Waals surface area contributed by atoms with Gasteiger partial charge in [-0.05, 0) is 18.2 Å². The van der Waals surface area contributed by atoms with Crippen LogP contribution in [0.1, 0.15) is 5.69 Å². The van der Waals surface area contributed by atoms with Gasteiger partial charge in [-0.3, -0.25) is 4.98 Å². The highest BCUT2D eigenvalue weighted by atomic mass is 32.2. The number of nitrogens with one attached hydrogen (secondary N) is 1. The number of imidazole rings is 1. The lowest BCUT2D eigenvalue weighted by molar-refractivity contribution is -0.153. The average molecular weight is 369 g/mol. The molecule has 0 atom stereocenters. The normalized spacial score (nSPS) is 11.7. The van der Waals surface area contributed by atoms with Crippen LogP contribution >= 0.6 is 11.8 Å². The number of nitrogens with zero attached hydrogens (tertiary/aromatic N) is 2. The lowest BCUT2D eigenvalue weighted by Crippen LogP contribution is -2.19. The van der Waals surface area contributed by atoms with Crippen LogP contribution in [0.4, 0.5) is 13.2 Å². The van der Waals surface area contributed by atoms with Crippen LogP contribution in [-0.2, 0) is 5.75 Å². The maximum Gasteiger partial charge on any atom is 0.422 e. The summed E-state index contributed by atoms with van der Waals surface area (Å²) in [7, 11) is 1.59. The van der Waals surface area contributed by atoms with Gasteiger partial charge >= 0.3 is 6.18 Å². The van der Waals surface area contributed by atoms with E-state index < -0.39 is 12.8 Å². The molecule has 25 heavy (non-hydrogen) atoms. The zero-order valence-corrected chi connectivity index (χ0v) is 13.9. The lowest BCUT2D eigenvalue weighted by Gasteiger charge is -2.08. The maximum atomic E-state index is 12.2. The van der Waals surface area contributed by atoms with Crippen molar-refractivity contribution in [3.63, 3.8) is 0 Å². The molecular weight excluding hydrogens is 355 g/mol. The first-order valence-corrected chi connectivity index (χ1v) is 8.22. The Morgan fingerprint density at radius 3 is 2.76 bits per heavy atom. The minimum Gasteiger partial charge on any atom is -0.497 e. The fourth-order valence-corrected chi connectivity index (χ4v) is 2.88. The van der Waals surface area contributed by atoms with Gasteiger partial charge in [0.2, 0.25) is 0 Å². The molecule has 5 nitrogen and oxygen atoms in total. The van der Waals surface area contributed by atoms with Gasteiger partial charge in [-0.25, -0.2) is 4.98 Å². The molecule has 0 fully saturated rings. The fourth-order valence-electron chi connectivity index (χ4n) is 2.09. The molecule has 0 aliphatic carbocycles. The van der Waals surface area contributed by atoms with Crippen LogP contribution in [0.2, 0.25) is 0 Å². The highest BCUT2D eigenvalue weighted by Crippen LogP contribution is 2.26. The molecule has 2 heterocycles. The summed E-state index contributed by atoms with van der Waals surface area (Å²) in [6.07, 6.45) is -2.71. The maximum absolute atomic E-state index is 12.2. The van der Waals surface area contributed by atoms with Crippen LogP contribution in [0.3, 0.4) is 0 Å². The summed E-state index contributed by atoms with van der Waals surface area (Å²) in [5.74, 6) is 1.43. The van der Waals surface area contributed by atoms with Crippen LogP contribution in [0.5, 0.6) is 11.5 Å². The van der Waals surface area contributed by atoms with Crippen molar-refractivity contribution in [3.8, 4) is 11.5 Å². The number of pyridine rings is 1. The van der Waals surface area contributed by atoms with E-state index in [9.17, 15) is 13.2 Å². The SMILES string of the molecule is COc1ccnc(CSc2nc3cc(OCC(F)(F)F)ccc3[nH]2)c1. The highest BCUT2D eigenvalue weighted by Gasteiger charge is 2.28. The Morgan fingerprint density at radius 2 is 2.00 bits per heavy atom.